The molecule has 1 fully saturated rings. The van der Waals surface area contributed by atoms with Crippen molar-refractivity contribution in [3.8, 4) is 6.07 Å². The zero-order valence-corrected chi connectivity index (χ0v) is 17.4. The lowest BCUT2D eigenvalue weighted by molar-refractivity contribution is -0.125. The van der Waals surface area contributed by atoms with E-state index < -0.39 is 22.2 Å². The van der Waals surface area contributed by atoms with Crippen LogP contribution >= 0.6 is 0 Å². The normalized spacial score (nSPS) is 18.7. The van der Waals surface area contributed by atoms with Gasteiger partial charge in [-0.15, -0.1) is 0 Å². The topological polar surface area (TPSA) is 99.5 Å². The minimum absolute atomic E-state index is 0.0485. The van der Waals surface area contributed by atoms with E-state index in [0.717, 1.165) is 11.1 Å². The number of hydrogen-bond donors (Lipinski definition) is 1. The highest BCUT2D eigenvalue weighted by molar-refractivity contribution is 7.89. The Labute approximate surface area is 176 Å². The number of nitriles is 1. The van der Waals surface area contributed by atoms with Gasteiger partial charge in [0.2, 0.25) is 15.9 Å². The summed E-state index contributed by atoms with van der Waals surface area (Å²) in [6.07, 6.45) is 0.692. The molecule has 2 atom stereocenters. The standard InChI is InChI=1S/C22H23N3O4S/c1-3-22(26)25-13-20(21(14-25)29-15-18-6-4-5-16(2)11-18)24-30(27,28)19-9-7-17(12-23)8-10-19/h3-11,20-21,24H,1,13-15H2,2H3/t20-,21-/m1/s1. The fraction of sp³-hybridized carbons (Fsp3) is 0.273. The second kappa shape index (κ2) is 9.22. The van der Waals surface area contributed by atoms with Crippen LogP contribution in [0.1, 0.15) is 16.7 Å². The molecule has 1 aliphatic heterocycles. The van der Waals surface area contributed by atoms with Gasteiger partial charge >= 0.3 is 0 Å². The molecule has 2 aromatic rings. The number of carbonyl (C=O) groups excluding carboxylic acids is 1. The summed E-state index contributed by atoms with van der Waals surface area (Å²) in [5, 5.41) is 8.89. The van der Waals surface area contributed by atoms with Gasteiger partial charge in [-0.1, -0.05) is 36.4 Å². The number of carbonyl (C=O) groups is 1. The largest absolute Gasteiger partial charge is 0.370 e. The van der Waals surface area contributed by atoms with Crippen molar-refractivity contribution in [2.24, 2.45) is 0 Å². The molecular weight excluding hydrogens is 402 g/mol. The maximum absolute atomic E-state index is 12.8. The summed E-state index contributed by atoms with van der Waals surface area (Å²) in [6.45, 7) is 6.23. The smallest absolute Gasteiger partial charge is 0.246 e. The van der Waals surface area contributed by atoms with Crippen molar-refractivity contribution in [2.45, 2.75) is 30.6 Å². The first-order valence-corrected chi connectivity index (χ1v) is 10.9. The van der Waals surface area contributed by atoms with Crippen LogP contribution in [0.4, 0.5) is 0 Å². The Morgan fingerprint density at radius 1 is 1.30 bits per heavy atom. The third kappa shape index (κ3) is 5.13. The quantitative estimate of drug-likeness (QED) is 0.685. The zero-order chi connectivity index (χ0) is 21.7. The van der Waals surface area contributed by atoms with Gasteiger partial charge in [0.05, 0.1) is 35.3 Å². The first-order chi connectivity index (χ1) is 14.3. The molecule has 2 aromatic carbocycles. The first kappa shape index (κ1) is 21.7. The molecule has 1 amide bonds. The van der Waals surface area contributed by atoms with Crippen molar-refractivity contribution in [1.29, 1.82) is 5.26 Å². The van der Waals surface area contributed by atoms with E-state index >= 15 is 0 Å². The number of likely N-dealkylation sites (tertiary alicyclic amines) is 1. The molecule has 30 heavy (non-hydrogen) atoms. The average Bonchev–Trinajstić information content (AvgIpc) is 3.13. The molecule has 0 bridgehead atoms. The fourth-order valence-electron chi connectivity index (χ4n) is 3.35. The minimum atomic E-state index is -3.85. The Hall–Kier alpha value is -2.99. The SMILES string of the molecule is C=CC(=O)N1C[C@@H](NS(=O)(=O)c2ccc(C#N)cc2)[C@H](OCc2cccc(C)c2)C1. The molecule has 0 saturated carbocycles. The number of rotatable bonds is 7. The molecule has 0 aliphatic carbocycles. The van der Waals surface area contributed by atoms with Crippen LogP contribution in [-0.4, -0.2) is 44.5 Å². The van der Waals surface area contributed by atoms with E-state index in [-0.39, 0.29) is 23.9 Å². The van der Waals surface area contributed by atoms with E-state index in [4.69, 9.17) is 10.00 Å². The van der Waals surface area contributed by atoms with Gasteiger partial charge in [0.25, 0.3) is 0 Å². The minimum Gasteiger partial charge on any atom is -0.370 e. The van der Waals surface area contributed by atoms with E-state index in [1.165, 1.54) is 35.2 Å². The Balaban J connectivity index is 1.76. The first-order valence-electron chi connectivity index (χ1n) is 9.43. The molecule has 3 rings (SSSR count). The van der Waals surface area contributed by atoms with Crippen LogP contribution in [0.25, 0.3) is 0 Å². The monoisotopic (exact) mass is 425 g/mol. The van der Waals surface area contributed by atoms with E-state index in [0.29, 0.717) is 12.2 Å². The van der Waals surface area contributed by atoms with Crippen LogP contribution in [0.15, 0.2) is 66.1 Å². The number of amides is 1. The van der Waals surface area contributed by atoms with E-state index in [1.807, 2.05) is 37.3 Å². The molecule has 1 N–H and O–H groups in total. The molecule has 0 radical (unpaired) electrons. The van der Waals surface area contributed by atoms with Gasteiger partial charge in [0.1, 0.15) is 0 Å². The second-order valence-electron chi connectivity index (χ2n) is 7.15. The molecule has 7 nitrogen and oxygen atoms in total. The van der Waals surface area contributed by atoms with Gasteiger partial charge in [-0.2, -0.15) is 5.26 Å². The summed E-state index contributed by atoms with van der Waals surface area (Å²) in [5.41, 5.74) is 2.44. The number of ether oxygens (including phenoxy) is 1. The van der Waals surface area contributed by atoms with Crippen molar-refractivity contribution in [1.82, 2.24) is 9.62 Å². The van der Waals surface area contributed by atoms with Crippen LogP contribution < -0.4 is 4.72 Å². The highest BCUT2D eigenvalue weighted by atomic mass is 32.2. The summed E-state index contributed by atoms with van der Waals surface area (Å²) >= 11 is 0. The van der Waals surface area contributed by atoms with Gasteiger partial charge < -0.3 is 9.64 Å². The molecule has 1 heterocycles. The van der Waals surface area contributed by atoms with Crippen LogP contribution in [0.3, 0.4) is 0 Å². The van der Waals surface area contributed by atoms with Crippen LogP contribution in [0, 0.1) is 18.3 Å². The third-order valence-corrected chi connectivity index (χ3v) is 6.41. The molecule has 0 unspecified atom stereocenters. The van der Waals surface area contributed by atoms with Gasteiger partial charge in [-0.05, 0) is 42.8 Å². The lowest BCUT2D eigenvalue weighted by Crippen LogP contribution is -2.43. The van der Waals surface area contributed by atoms with E-state index in [9.17, 15) is 13.2 Å². The number of nitrogens with one attached hydrogen (secondary N) is 1. The molecule has 0 spiro atoms. The molecule has 1 saturated heterocycles. The van der Waals surface area contributed by atoms with Crippen molar-refractivity contribution in [3.63, 3.8) is 0 Å². The number of benzene rings is 2. The van der Waals surface area contributed by atoms with Crippen LogP contribution in [0.2, 0.25) is 0 Å². The number of nitrogens with zero attached hydrogens (tertiary/aromatic N) is 2. The highest BCUT2D eigenvalue weighted by Crippen LogP contribution is 2.20. The predicted molar refractivity (Wildman–Crippen MR) is 112 cm³/mol. The second-order valence-corrected chi connectivity index (χ2v) is 8.86. The van der Waals surface area contributed by atoms with Crippen molar-refractivity contribution < 1.29 is 17.9 Å². The van der Waals surface area contributed by atoms with Crippen molar-refractivity contribution in [2.75, 3.05) is 13.1 Å². The number of aryl methyl sites for hydroxylation is 1. The number of sulfonamides is 1. The highest BCUT2D eigenvalue weighted by Gasteiger charge is 2.38. The molecule has 8 heteroatoms. The van der Waals surface area contributed by atoms with E-state index in [2.05, 4.69) is 11.3 Å². The fourth-order valence-corrected chi connectivity index (χ4v) is 4.60. The van der Waals surface area contributed by atoms with Crippen LogP contribution in [-0.2, 0) is 26.2 Å². The Morgan fingerprint density at radius 2 is 2.03 bits per heavy atom. The van der Waals surface area contributed by atoms with Gasteiger partial charge in [-0.25, -0.2) is 13.1 Å². The Bertz CT molecular complexity index is 1070. The Morgan fingerprint density at radius 3 is 2.67 bits per heavy atom. The summed E-state index contributed by atoms with van der Waals surface area (Å²) < 4.78 is 34.3. The van der Waals surface area contributed by atoms with Crippen molar-refractivity contribution >= 4 is 15.9 Å². The average molecular weight is 426 g/mol. The maximum atomic E-state index is 12.8. The molecule has 1 aliphatic rings. The summed E-state index contributed by atoms with van der Waals surface area (Å²) in [5.74, 6) is -0.278. The lowest BCUT2D eigenvalue weighted by Gasteiger charge is -2.20. The third-order valence-electron chi connectivity index (χ3n) is 4.90. The summed E-state index contributed by atoms with van der Waals surface area (Å²) in [7, 11) is -3.85. The molecular formula is C22H23N3O4S. The Kier molecular flexibility index (Phi) is 6.67. The molecule has 0 aromatic heterocycles. The van der Waals surface area contributed by atoms with Crippen LogP contribution in [0.5, 0.6) is 0 Å². The zero-order valence-electron chi connectivity index (χ0n) is 16.6. The van der Waals surface area contributed by atoms with Gasteiger partial charge in [0.15, 0.2) is 0 Å². The van der Waals surface area contributed by atoms with Crippen molar-refractivity contribution in [3.05, 3.63) is 77.9 Å². The summed E-state index contributed by atoms with van der Waals surface area (Å²) in [4.78, 5) is 13.6. The number of hydrogen-bond acceptors (Lipinski definition) is 5. The maximum Gasteiger partial charge on any atom is 0.246 e. The molecule has 156 valence electrons. The predicted octanol–water partition coefficient (Wildman–Crippen LogP) is 2.13. The van der Waals surface area contributed by atoms with Gasteiger partial charge in [0, 0.05) is 13.1 Å². The lowest BCUT2D eigenvalue weighted by atomic mass is 10.1. The van der Waals surface area contributed by atoms with Gasteiger partial charge in [-0.3, -0.25) is 4.79 Å². The summed E-state index contributed by atoms with van der Waals surface area (Å²) in [6, 6.07) is 14.8. The van der Waals surface area contributed by atoms with E-state index in [1.54, 1.807) is 0 Å².